The Morgan fingerprint density at radius 3 is 2.39 bits per heavy atom. The molecule has 0 atom stereocenters. The number of benzene rings is 2. The van der Waals surface area contributed by atoms with E-state index in [4.69, 9.17) is 4.98 Å². The molecule has 6 nitrogen and oxygen atoms in total. The van der Waals surface area contributed by atoms with Gasteiger partial charge in [0.05, 0.1) is 5.69 Å². The van der Waals surface area contributed by atoms with Crippen LogP contribution in [-0.2, 0) is 0 Å². The van der Waals surface area contributed by atoms with E-state index in [9.17, 15) is 9.59 Å². The van der Waals surface area contributed by atoms with Crippen molar-refractivity contribution in [3.05, 3.63) is 87.7 Å². The van der Waals surface area contributed by atoms with E-state index in [0.29, 0.717) is 5.69 Å². The van der Waals surface area contributed by atoms with Crippen LogP contribution in [0.1, 0.15) is 15.4 Å². The third kappa shape index (κ3) is 3.74. The zero-order valence-electron chi connectivity index (χ0n) is 15.0. The number of aryl methyl sites for hydroxylation is 1. The zero-order valence-corrected chi connectivity index (χ0v) is 15.8. The Morgan fingerprint density at radius 2 is 1.71 bits per heavy atom. The zero-order chi connectivity index (χ0) is 19.5. The van der Waals surface area contributed by atoms with Crippen molar-refractivity contribution in [1.29, 1.82) is 0 Å². The van der Waals surface area contributed by atoms with Crippen molar-refractivity contribution >= 4 is 22.9 Å². The molecule has 0 aliphatic carbocycles. The molecule has 0 aliphatic rings. The summed E-state index contributed by atoms with van der Waals surface area (Å²) in [4.78, 5) is 29.1. The maximum atomic E-state index is 12.2. The molecule has 4 rings (SSSR count). The lowest BCUT2D eigenvalue weighted by molar-refractivity contribution is 0.102. The molecule has 138 valence electrons. The Kier molecular flexibility index (Phi) is 4.82. The third-order valence-corrected chi connectivity index (χ3v) is 5.17. The summed E-state index contributed by atoms with van der Waals surface area (Å²) in [6, 6.07) is 20.2. The Hall–Kier alpha value is -3.58. The number of amides is 1. The quantitative estimate of drug-likeness (QED) is 0.550. The van der Waals surface area contributed by atoms with Gasteiger partial charge >= 0.3 is 0 Å². The second kappa shape index (κ2) is 7.58. The van der Waals surface area contributed by atoms with E-state index >= 15 is 0 Å². The van der Waals surface area contributed by atoms with Gasteiger partial charge in [-0.1, -0.05) is 42.5 Å². The number of aromatic nitrogens is 3. The van der Waals surface area contributed by atoms with Gasteiger partial charge in [0.15, 0.2) is 0 Å². The number of carbonyl (C=O) groups is 1. The molecule has 2 N–H and O–H groups in total. The highest BCUT2D eigenvalue weighted by atomic mass is 32.1. The molecule has 2 aromatic heterocycles. The number of hydrogen-bond donors (Lipinski definition) is 2. The van der Waals surface area contributed by atoms with Crippen LogP contribution in [0.25, 0.3) is 21.8 Å². The fourth-order valence-corrected chi connectivity index (χ4v) is 3.69. The number of hydrogen-bond acceptors (Lipinski definition) is 5. The van der Waals surface area contributed by atoms with Gasteiger partial charge in [-0.2, -0.15) is 5.10 Å². The predicted molar refractivity (Wildman–Crippen MR) is 111 cm³/mol. The highest BCUT2D eigenvalue weighted by Gasteiger charge is 2.12. The molecule has 2 heterocycles. The number of thiazole rings is 1. The Labute approximate surface area is 164 Å². The van der Waals surface area contributed by atoms with E-state index in [-0.39, 0.29) is 17.2 Å². The molecule has 0 saturated heterocycles. The average Bonchev–Trinajstić information content (AvgIpc) is 3.11. The highest BCUT2D eigenvalue weighted by Crippen LogP contribution is 2.33. The van der Waals surface area contributed by atoms with E-state index in [1.54, 1.807) is 11.3 Å². The number of carbonyl (C=O) groups excluding carboxylic acids is 1. The normalized spacial score (nSPS) is 10.6. The number of aromatic amines is 1. The van der Waals surface area contributed by atoms with Crippen molar-refractivity contribution in [3.8, 4) is 21.8 Å². The monoisotopic (exact) mass is 388 g/mol. The van der Waals surface area contributed by atoms with Crippen LogP contribution in [0, 0.1) is 6.92 Å². The van der Waals surface area contributed by atoms with Gasteiger partial charge in [-0.05, 0) is 25.1 Å². The van der Waals surface area contributed by atoms with Crippen molar-refractivity contribution in [2.45, 2.75) is 6.92 Å². The van der Waals surface area contributed by atoms with Crippen LogP contribution in [0.2, 0.25) is 0 Å². The summed E-state index contributed by atoms with van der Waals surface area (Å²) in [5.41, 5.74) is 3.44. The van der Waals surface area contributed by atoms with E-state index in [1.165, 1.54) is 12.1 Å². The summed E-state index contributed by atoms with van der Waals surface area (Å²) in [6.07, 6.45) is 0. The molecule has 0 aliphatic heterocycles. The molecular formula is C21H16N4O2S. The molecule has 0 bridgehead atoms. The molecule has 0 radical (unpaired) electrons. The van der Waals surface area contributed by atoms with Gasteiger partial charge < -0.3 is 5.32 Å². The molecule has 0 saturated carbocycles. The summed E-state index contributed by atoms with van der Waals surface area (Å²) < 4.78 is 0. The lowest BCUT2D eigenvalue weighted by atomic mass is 10.1. The van der Waals surface area contributed by atoms with Gasteiger partial charge in [-0.3, -0.25) is 9.59 Å². The maximum absolute atomic E-state index is 12.2. The third-order valence-electron chi connectivity index (χ3n) is 4.15. The van der Waals surface area contributed by atoms with Gasteiger partial charge in [0, 0.05) is 27.8 Å². The molecule has 0 fully saturated rings. The Morgan fingerprint density at radius 1 is 0.964 bits per heavy atom. The Bertz CT molecular complexity index is 1160. The van der Waals surface area contributed by atoms with Crippen molar-refractivity contribution < 1.29 is 4.79 Å². The molecule has 2 aromatic carbocycles. The largest absolute Gasteiger partial charge is 0.321 e. The number of rotatable bonds is 4. The summed E-state index contributed by atoms with van der Waals surface area (Å²) in [7, 11) is 0. The first-order valence-electron chi connectivity index (χ1n) is 8.60. The second-order valence-electron chi connectivity index (χ2n) is 6.13. The topological polar surface area (TPSA) is 87.7 Å². The molecule has 7 heteroatoms. The Balaban J connectivity index is 1.53. The molecule has 0 spiro atoms. The van der Waals surface area contributed by atoms with Gasteiger partial charge in [0.1, 0.15) is 10.7 Å². The SMILES string of the molecule is Cc1sc(-c2ccccc2)nc1-c1ccc(NC(=O)c2ccc(=O)[nH]n2)cc1. The number of anilines is 1. The maximum Gasteiger partial charge on any atom is 0.276 e. The van der Waals surface area contributed by atoms with Gasteiger partial charge in [-0.25, -0.2) is 10.1 Å². The van der Waals surface area contributed by atoms with E-state index < -0.39 is 0 Å². The van der Waals surface area contributed by atoms with Crippen LogP contribution in [0.4, 0.5) is 5.69 Å². The highest BCUT2D eigenvalue weighted by molar-refractivity contribution is 7.15. The summed E-state index contributed by atoms with van der Waals surface area (Å²) in [5.74, 6) is -0.389. The van der Waals surface area contributed by atoms with Crippen LogP contribution in [0.5, 0.6) is 0 Å². The van der Waals surface area contributed by atoms with Crippen molar-refractivity contribution in [2.75, 3.05) is 5.32 Å². The standard InChI is InChI=1S/C21H16N4O2S/c1-13-19(23-21(28-13)15-5-3-2-4-6-15)14-7-9-16(10-8-14)22-20(27)17-11-12-18(26)25-24-17/h2-12H,1H3,(H,22,27)(H,25,26). The number of nitrogens with one attached hydrogen (secondary N) is 2. The second-order valence-corrected chi connectivity index (χ2v) is 7.33. The summed E-state index contributed by atoms with van der Waals surface area (Å²) >= 11 is 1.66. The predicted octanol–water partition coefficient (Wildman–Crippen LogP) is 4.12. The molecule has 1 amide bonds. The van der Waals surface area contributed by atoms with Crippen LogP contribution in [0.3, 0.4) is 0 Å². The number of H-pyrrole nitrogens is 1. The first-order valence-corrected chi connectivity index (χ1v) is 9.42. The number of nitrogens with zero attached hydrogens (tertiary/aromatic N) is 2. The first kappa shape index (κ1) is 17.8. The van der Waals surface area contributed by atoms with E-state index in [0.717, 1.165) is 26.7 Å². The van der Waals surface area contributed by atoms with E-state index in [1.807, 2.05) is 54.6 Å². The minimum atomic E-state index is -0.389. The van der Waals surface area contributed by atoms with E-state index in [2.05, 4.69) is 22.4 Å². The summed E-state index contributed by atoms with van der Waals surface area (Å²) in [6.45, 7) is 2.05. The molecule has 0 unspecified atom stereocenters. The van der Waals surface area contributed by atoms with Crippen LogP contribution >= 0.6 is 11.3 Å². The molecule has 28 heavy (non-hydrogen) atoms. The van der Waals surface area contributed by atoms with Gasteiger partial charge in [0.25, 0.3) is 11.5 Å². The summed E-state index contributed by atoms with van der Waals surface area (Å²) in [5, 5.41) is 9.71. The average molecular weight is 388 g/mol. The molecular weight excluding hydrogens is 372 g/mol. The van der Waals surface area contributed by atoms with Gasteiger partial charge in [0.2, 0.25) is 0 Å². The van der Waals surface area contributed by atoms with Crippen molar-refractivity contribution in [1.82, 2.24) is 15.2 Å². The van der Waals surface area contributed by atoms with Gasteiger partial charge in [-0.15, -0.1) is 11.3 Å². The smallest absolute Gasteiger partial charge is 0.276 e. The van der Waals surface area contributed by atoms with Crippen molar-refractivity contribution in [3.63, 3.8) is 0 Å². The first-order chi connectivity index (χ1) is 13.6. The fraction of sp³-hybridized carbons (Fsp3) is 0.0476. The van der Waals surface area contributed by atoms with Crippen LogP contribution in [-0.4, -0.2) is 21.1 Å². The minimum absolute atomic E-state index is 0.145. The van der Waals surface area contributed by atoms with Crippen LogP contribution < -0.4 is 10.9 Å². The van der Waals surface area contributed by atoms with Crippen molar-refractivity contribution in [2.24, 2.45) is 0 Å². The van der Waals surface area contributed by atoms with Crippen LogP contribution in [0.15, 0.2) is 71.5 Å². The molecule has 4 aromatic rings. The minimum Gasteiger partial charge on any atom is -0.321 e. The lowest BCUT2D eigenvalue weighted by Crippen LogP contribution is -2.17. The fourth-order valence-electron chi connectivity index (χ4n) is 2.75. The lowest BCUT2D eigenvalue weighted by Gasteiger charge is -2.05.